The average molecular weight is 375 g/mol. The molecule has 0 aromatic heterocycles. The number of carbonyl (C=O) groups excluding carboxylic acids is 1. The highest BCUT2D eigenvalue weighted by atomic mass is 16.5. The van der Waals surface area contributed by atoms with Gasteiger partial charge in [0.25, 0.3) is 0 Å². The third-order valence-corrected chi connectivity index (χ3v) is 5.41. The lowest BCUT2D eigenvalue weighted by Gasteiger charge is -2.38. The minimum atomic E-state index is -0.867. The Bertz CT molecular complexity index is 635. The Labute approximate surface area is 160 Å². The first-order chi connectivity index (χ1) is 13.0. The SMILES string of the molecule is CN(CC(=O)O)CC1CN(C(=O)NC(c2ccccc2)C2CCC2)CCO1. The lowest BCUT2D eigenvalue weighted by molar-refractivity contribution is -0.138. The fraction of sp³-hybridized carbons (Fsp3) is 0.600. The normalized spacial score (nSPS) is 21.6. The van der Waals surface area contributed by atoms with Gasteiger partial charge in [-0.2, -0.15) is 0 Å². The van der Waals surface area contributed by atoms with E-state index in [1.807, 2.05) is 18.2 Å². The Morgan fingerprint density at radius 2 is 2.07 bits per heavy atom. The predicted molar refractivity (Wildman–Crippen MR) is 102 cm³/mol. The second kappa shape index (κ2) is 9.19. The summed E-state index contributed by atoms with van der Waals surface area (Å²) in [5.41, 5.74) is 1.15. The van der Waals surface area contributed by atoms with Gasteiger partial charge in [-0.3, -0.25) is 9.69 Å². The molecule has 7 heteroatoms. The van der Waals surface area contributed by atoms with Crippen LogP contribution in [0, 0.1) is 5.92 Å². The number of amides is 2. The fourth-order valence-electron chi connectivity index (χ4n) is 3.79. The van der Waals surface area contributed by atoms with Gasteiger partial charge in [0.15, 0.2) is 0 Å². The molecule has 1 saturated heterocycles. The first-order valence-corrected chi connectivity index (χ1v) is 9.65. The minimum absolute atomic E-state index is 0.0379. The number of carbonyl (C=O) groups is 2. The van der Waals surface area contributed by atoms with Crippen molar-refractivity contribution in [3.63, 3.8) is 0 Å². The Kier molecular flexibility index (Phi) is 6.68. The maximum atomic E-state index is 12.9. The van der Waals surface area contributed by atoms with Crippen LogP contribution in [0.25, 0.3) is 0 Å². The summed E-state index contributed by atoms with van der Waals surface area (Å²) < 4.78 is 5.72. The molecular weight excluding hydrogens is 346 g/mol. The molecule has 27 heavy (non-hydrogen) atoms. The van der Waals surface area contributed by atoms with Crippen LogP contribution in [0.3, 0.4) is 0 Å². The molecule has 0 spiro atoms. The van der Waals surface area contributed by atoms with Gasteiger partial charge < -0.3 is 20.1 Å². The summed E-state index contributed by atoms with van der Waals surface area (Å²) in [7, 11) is 1.75. The summed E-state index contributed by atoms with van der Waals surface area (Å²) in [6, 6.07) is 10.1. The largest absolute Gasteiger partial charge is 0.480 e. The van der Waals surface area contributed by atoms with E-state index in [0.717, 1.165) is 18.4 Å². The zero-order chi connectivity index (χ0) is 19.2. The molecule has 148 valence electrons. The Balaban J connectivity index is 1.58. The van der Waals surface area contributed by atoms with Gasteiger partial charge in [-0.25, -0.2) is 4.79 Å². The summed E-state index contributed by atoms with van der Waals surface area (Å²) in [6.45, 7) is 1.95. The van der Waals surface area contributed by atoms with Gasteiger partial charge in [-0.1, -0.05) is 36.8 Å². The maximum Gasteiger partial charge on any atom is 0.318 e. The monoisotopic (exact) mass is 375 g/mol. The van der Waals surface area contributed by atoms with Gasteiger partial charge in [0.05, 0.1) is 25.3 Å². The number of hydrogen-bond acceptors (Lipinski definition) is 4. The number of aliphatic carboxylic acids is 1. The van der Waals surface area contributed by atoms with Crippen LogP contribution in [-0.4, -0.2) is 72.8 Å². The smallest absolute Gasteiger partial charge is 0.318 e. The van der Waals surface area contributed by atoms with Gasteiger partial charge in [0.1, 0.15) is 0 Å². The standard InChI is InChI=1S/C20H29N3O4/c1-22(14-18(24)25)12-17-13-23(10-11-27-17)20(26)21-19(16-8-5-9-16)15-6-3-2-4-7-15/h2-4,6-7,16-17,19H,5,8-14H2,1H3,(H,21,26)(H,24,25). The zero-order valence-electron chi connectivity index (χ0n) is 15.8. The molecular formula is C20H29N3O4. The fourth-order valence-corrected chi connectivity index (χ4v) is 3.79. The summed E-state index contributed by atoms with van der Waals surface area (Å²) >= 11 is 0. The van der Waals surface area contributed by atoms with Crippen molar-refractivity contribution in [3.05, 3.63) is 35.9 Å². The molecule has 2 amide bonds. The van der Waals surface area contributed by atoms with E-state index in [-0.39, 0.29) is 24.7 Å². The number of carboxylic acids is 1. The summed E-state index contributed by atoms with van der Waals surface area (Å²) in [5, 5.41) is 12.1. The van der Waals surface area contributed by atoms with E-state index in [1.54, 1.807) is 16.8 Å². The molecule has 7 nitrogen and oxygen atoms in total. The van der Waals surface area contributed by atoms with E-state index < -0.39 is 5.97 Å². The van der Waals surface area contributed by atoms with Crippen LogP contribution >= 0.6 is 0 Å². The van der Waals surface area contributed by atoms with E-state index in [1.165, 1.54) is 6.42 Å². The first kappa shape index (κ1) is 19.6. The molecule has 1 aliphatic carbocycles. The van der Waals surface area contributed by atoms with Gasteiger partial charge in [0, 0.05) is 19.6 Å². The molecule has 2 unspecified atom stereocenters. The predicted octanol–water partition coefficient (Wildman–Crippen LogP) is 1.95. The highest BCUT2D eigenvalue weighted by Crippen LogP contribution is 2.37. The molecule has 1 heterocycles. The third kappa shape index (κ3) is 5.43. The van der Waals surface area contributed by atoms with Crippen LogP contribution in [0.15, 0.2) is 30.3 Å². The molecule has 1 saturated carbocycles. The number of morpholine rings is 1. The van der Waals surface area contributed by atoms with Gasteiger partial charge in [-0.15, -0.1) is 0 Å². The van der Waals surface area contributed by atoms with Crippen molar-refractivity contribution >= 4 is 12.0 Å². The molecule has 2 N–H and O–H groups in total. The maximum absolute atomic E-state index is 12.9. The summed E-state index contributed by atoms with van der Waals surface area (Å²) in [4.78, 5) is 27.2. The van der Waals surface area contributed by atoms with Crippen LogP contribution < -0.4 is 5.32 Å². The van der Waals surface area contributed by atoms with E-state index in [4.69, 9.17) is 9.84 Å². The van der Waals surface area contributed by atoms with Crippen molar-refractivity contribution in [1.82, 2.24) is 15.1 Å². The average Bonchev–Trinajstić information content (AvgIpc) is 2.59. The van der Waals surface area contributed by atoms with E-state index in [9.17, 15) is 9.59 Å². The lowest BCUT2D eigenvalue weighted by atomic mass is 9.77. The van der Waals surface area contributed by atoms with Crippen LogP contribution in [0.1, 0.15) is 30.9 Å². The Morgan fingerprint density at radius 3 is 2.70 bits per heavy atom. The number of nitrogens with zero attached hydrogens (tertiary/aromatic N) is 2. The van der Waals surface area contributed by atoms with Crippen molar-refractivity contribution in [2.45, 2.75) is 31.4 Å². The van der Waals surface area contributed by atoms with Crippen LogP contribution in [0.4, 0.5) is 4.79 Å². The first-order valence-electron chi connectivity index (χ1n) is 9.65. The van der Waals surface area contributed by atoms with Gasteiger partial charge >= 0.3 is 12.0 Å². The van der Waals surface area contributed by atoms with Gasteiger partial charge in [0.2, 0.25) is 0 Å². The van der Waals surface area contributed by atoms with Gasteiger partial charge in [-0.05, 0) is 31.4 Å². The van der Waals surface area contributed by atoms with Crippen molar-refractivity contribution in [2.24, 2.45) is 5.92 Å². The molecule has 3 rings (SSSR count). The zero-order valence-corrected chi connectivity index (χ0v) is 15.8. The quantitative estimate of drug-likeness (QED) is 0.761. The molecule has 2 aliphatic rings. The van der Waals surface area contributed by atoms with Crippen molar-refractivity contribution in [1.29, 1.82) is 0 Å². The highest BCUT2D eigenvalue weighted by molar-refractivity contribution is 5.75. The van der Waals surface area contributed by atoms with Crippen LogP contribution in [-0.2, 0) is 9.53 Å². The van der Waals surface area contributed by atoms with E-state index >= 15 is 0 Å². The van der Waals surface area contributed by atoms with Crippen molar-refractivity contribution in [3.8, 4) is 0 Å². The molecule has 1 aromatic carbocycles. The molecule has 2 fully saturated rings. The Morgan fingerprint density at radius 1 is 1.33 bits per heavy atom. The lowest BCUT2D eigenvalue weighted by Crippen LogP contribution is -2.53. The number of urea groups is 1. The summed E-state index contributed by atoms with van der Waals surface area (Å²) in [6.07, 6.45) is 3.34. The second-order valence-corrected chi connectivity index (χ2v) is 7.56. The number of likely N-dealkylation sites (N-methyl/N-ethyl adjacent to an activating group) is 1. The molecule has 1 aromatic rings. The minimum Gasteiger partial charge on any atom is -0.480 e. The number of nitrogens with one attached hydrogen (secondary N) is 1. The topological polar surface area (TPSA) is 82.1 Å². The number of benzene rings is 1. The molecule has 0 bridgehead atoms. The molecule has 1 aliphatic heterocycles. The van der Waals surface area contributed by atoms with E-state index in [2.05, 4.69) is 17.4 Å². The van der Waals surface area contributed by atoms with Crippen LogP contribution in [0.2, 0.25) is 0 Å². The molecule has 2 atom stereocenters. The van der Waals surface area contributed by atoms with Crippen molar-refractivity contribution < 1.29 is 19.4 Å². The third-order valence-electron chi connectivity index (χ3n) is 5.41. The van der Waals surface area contributed by atoms with Crippen LogP contribution in [0.5, 0.6) is 0 Å². The highest BCUT2D eigenvalue weighted by Gasteiger charge is 2.32. The number of rotatable bonds is 7. The number of ether oxygens (including phenoxy) is 1. The summed E-state index contributed by atoms with van der Waals surface area (Å²) in [5.74, 6) is -0.371. The van der Waals surface area contributed by atoms with Crippen molar-refractivity contribution in [2.75, 3.05) is 39.8 Å². The second-order valence-electron chi connectivity index (χ2n) is 7.56. The molecule has 0 radical (unpaired) electrons. The number of hydrogen-bond donors (Lipinski definition) is 2. The van der Waals surface area contributed by atoms with E-state index in [0.29, 0.717) is 32.2 Å². The number of carboxylic acid groups (broad SMARTS) is 1. The Hall–Kier alpha value is -2.12.